The molecule has 0 amide bonds. The number of rotatable bonds is 3. The third-order valence-electron chi connectivity index (χ3n) is 4.48. The Hall–Kier alpha value is -2.84. The number of para-hydroxylation sites is 1. The second-order valence-electron chi connectivity index (χ2n) is 6.49. The van der Waals surface area contributed by atoms with Crippen LogP contribution in [-0.2, 0) is 0 Å². The lowest BCUT2D eigenvalue weighted by atomic mass is 10.1. The topological polar surface area (TPSA) is 17.8 Å². The van der Waals surface area contributed by atoms with Crippen molar-refractivity contribution in [3.05, 3.63) is 95.0 Å². The minimum atomic E-state index is 0.668. The summed E-state index contributed by atoms with van der Waals surface area (Å²) in [5.74, 6) is 0. The van der Waals surface area contributed by atoms with Gasteiger partial charge in [0.05, 0.1) is 16.4 Å². The zero-order valence-electron chi connectivity index (χ0n) is 14.8. The highest BCUT2D eigenvalue weighted by Crippen LogP contribution is 2.38. The fourth-order valence-electron chi connectivity index (χ4n) is 3.01. The summed E-state index contributed by atoms with van der Waals surface area (Å²) in [4.78, 5) is 0. The molecule has 4 aromatic rings. The van der Waals surface area contributed by atoms with Crippen molar-refractivity contribution in [2.24, 2.45) is 0 Å². The molecule has 0 radical (unpaired) electrons. The van der Waals surface area contributed by atoms with Crippen LogP contribution < -0.4 is 0 Å². The molecule has 3 aromatic carbocycles. The standard InChI is InChI=1S/C23H19ClN2/c1-16-8-12-18(13-9-16)22-21(24)23(19-14-10-17(2)11-15-19)26(25-22)20-6-4-3-5-7-20/h3-15H,1-2H3. The fourth-order valence-corrected chi connectivity index (χ4v) is 3.35. The first kappa shape index (κ1) is 16.6. The van der Waals surface area contributed by atoms with Crippen LogP contribution >= 0.6 is 11.6 Å². The molecule has 128 valence electrons. The number of hydrogen-bond donors (Lipinski definition) is 0. The van der Waals surface area contributed by atoms with Gasteiger partial charge in [0.1, 0.15) is 5.69 Å². The smallest absolute Gasteiger partial charge is 0.112 e. The Morgan fingerprint density at radius 2 is 1.23 bits per heavy atom. The van der Waals surface area contributed by atoms with Gasteiger partial charge >= 0.3 is 0 Å². The fraction of sp³-hybridized carbons (Fsp3) is 0.0870. The van der Waals surface area contributed by atoms with Crippen LogP contribution in [0.4, 0.5) is 0 Å². The van der Waals surface area contributed by atoms with Gasteiger partial charge in [0.25, 0.3) is 0 Å². The number of benzene rings is 3. The Kier molecular flexibility index (Phi) is 4.36. The SMILES string of the molecule is Cc1ccc(-c2nn(-c3ccccc3)c(-c3ccc(C)cc3)c2Cl)cc1. The summed E-state index contributed by atoms with van der Waals surface area (Å²) in [7, 11) is 0. The Labute approximate surface area is 158 Å². The molecule has 2 nitrogen and oxygen atoms in total. The molecule has 0 N–H and O–H groups in total. The molecule has 0 saturated heterocycles. The number of aromatic nitrogens is 2. The lowest BCUT2D eigenvalue weighted by Gasteiger charge is -2.08. The van der Waals surface area contributed by atoms with Crippen molar-refractivity contribution in [3.8, 4) is 28.2 Å². The summed E-state index contributed by atoms with van der Waals surface area (Å²) in [6.45, 7) is 4.16. The van der Waals surface area contributed by atoms with Crippen LogP contribution in [0.5, 0.6) is 0 Å². The largest absolute Gasteiger partial charge is 0.231 e. The zero-order chi connectivity index (χ0) is 18.1. The first-order valence-corrected chi connectivity index (χ1v) is 8.99. The van der Waals surface area contributed by atoms with Gasteiger partial charge < -0.3 is 0 Å². The number of aryl methyl sites for hydroxylation is 2. The highest BCUT2D eigenvalue weighted by atomic mass is 35.5. The van der Waals surface area contributed by atoms with Gasteiger partial charge in [-0.3, -0.25) is 0 Å². The summed E-state index contributed by atoms with van der Waals surface area (Å²) >= 11 is 6.84. The molecule has 0 aliphatic heterocycles. The highest BCUT2D eigenvalue weighted by molar-refractivity contribution is 6.35. The van der Waals surface area contributed by atoms with Gasteiger partial charge in [0.2, 0.25) is 0 Å². The summed E-state index contributed by atoms with van der Waals surface area (Å²) in [6, 6.07) is 26.8. The van der Waals surface area contributed by atoms with Crippen LogP contribution in [0.15, 0.2) is 78.9 Å². The second kappa shape index (κ2) is 6.81. The molecular weight excluding hydrogens is 340 g/mol. The predicted molar refractivity (Wildman–Crippen MR) is 109 cm³/mol. The average molecular weight is 359 g/mol. The highest BCUT2D eigenvalue weighted by Gasteiger charge is 2.20. The lowest BCUT2D eigenvalue weighted by molar-refractivity contribution is 0.892. The van der Waals surface area contributed by atoms with Gasteiger partial charge in [-0.15, -0.1) is 0 Å². The van der Waals surface area contributed by atoms with E-state index in [1.54, 1.807) is 0 Å². The minimum absolute atomic E-state index is 0.668. The molecule has 0 fully saturated rings. The maximum absolute atomic E-state index is 6.84. The molecule has 0 atom stereocenters. The van der Waals surface area contributed by atoms with E-state index in [4.69, 9.17) is 16.7 Å². The average Bonchev–Trinajstić information content (AvgIpc) is 3.01. The maximum atomic E-state index is 6.84. The van der Waals surface area contributed by atoms with E-state index in [1.165, 1.54) is 11.1 Å². The van der Waals surface area contributed by atoms with Gasteiger partial charge in [-0.1, -0.05) is 89.5 Å². The first-order chi connectivity index (χ1) is 12.6. The minimum Gasteiger partial charge on any atom is -0.231 e. The number of hydrogen-bond acceptors (Lipinski definition) is 1. The van der Waals surface area contributed by atoms with E-state index in [0.717, 1.165) is 28.2 Å². The van der Waals surface area contributed by atoms with Gasteiger partial charge in [-0.2, -0.15) is 5.10 Å². The summed E-state index contributed by atoms with van der Waals surface area (Å²) in [6.07, 6.45) is 0. The molecule has 0 aliphatic carbocycles. The summed E-state index contributed by atoms with van der Waals surface area (Å²) in [5.41, 5.74) is 7.20. The molecule has 26 heavy (non-hydrogen) atoms. The molecule has 0 spiro atoms. The van der Waals surface area contributed by atoms with Crippen molar-refractivity contribution in [3.63, 3.8) is 0 Å². The van der Waals surface area contributed by atoms with E-state index >= 15 is 0 Å². The second-order valence-corrected chi connectivity index (χ2v) is 6.87. The number of halogens is 1. The Morgan fingerprint density at radius 3 is 1.81 bits per heavy atom. The predicted octanol–water partition coefficient (Wildman–Crippen LogP) is 6.48. The van der Waals surface area contributed by atoms with Crippen LogP contribution in [0.1, 0.15) is 11.1 Å². The quantitative estimate of drug-likeness (QED) is 0.410. The molecule has 1 heterocycles. The van der Waals surface area contributed by atoms with Crippen molar-refractivity contribution >= 4 is 11.6 Å². The van der Waals surface area contributed by atoms with Gasteiger partial charge in [-0.05, 0) is 26.0 Å². The van der Waals surface area contributed by atoms with Crippen LogP contribution in [0.2, 0.25) is 5.02 Å². The van der Waals surface area contributed by atoms with Crippen molar-refractivity contribution in [1.29, 1.82) is 0 Å². The molecular formula is C23H19ClN2. The molecule has 1 aromatic heterocycles. The molecule has 0 saturated carbocycles. The lowest BCUT2D eigenvalue weighted by Crippen LogP contribution is -1.99. The van der Waals surface area contributed by atoms with E-state index < -0.39 is 0 Å². The van der Waals surface area contributed by atoms with Crippen molar-refractivity contribution in [1.82, 2.24) is 9.78 Å². The van der Waals surface area contributed by atoms with Crippen LogP contribution in [-0.4, -0.2) is 9.78 Å². The van der Waals surface area contributed by atoms with E-state index in [2.05, 4.69) is 62.4 Å². The zero-order valence-corrected chi connectivity index (χ0v) is 15.5. The summed E-state index contributed by atoms with van der Waals surface area (Å²) in [5, 5.41) is 5.53. The normalized spacial score (nSPS) is 10.9. The summed E-state index contributed by atoms with van der Waals surface area (Å²) < 4.78 is 1.93. The molecule has 0 aliphatic rings. The Balaban J connectivity index is 1.96. The third-order valence-corrected chi connectivity index (χ3v) is 4.84. The van der Waals surface area contributed by atoms with Gasteiger partial charge in [0.15, 0.2) is 0 Å². The molecule has 4 rings (SSSR count). The Morgan fingerprint density at radius 1 is 0.692 bits per heavy atom. The van der Waals surface area contributed by atoms with Crippen LogP contribution in [0.3, 0.4) is 0 Å². The van der Waals surface area contributed by atoms with Crippen molar-refractivity contribution in [2.45, 2.75) is 13.8 Å². The van der Waals surface area contributed by atoms with E-state index in [-0.39, 0.29) is 0 Å². The number of nitrogens with zero attached hydrogens (tertiary/aromatic N) is 2. The molecule has 3 heteroatoms. The maximum Gasteiger partial charge on any atom is 0.112 e. The van der Waals surface area contributed by atoms with Gasteiger partial charge in [-0.25, -0.2) is 4.68 Å². The van der Waals surface area contributed by atoms with Crippen LogP contribution in [0, 0.1) is 13.8 Å². The first-order valence-electron chi connectivity index (χ1n) is 8.61. The van der Waals surface area contributed by atoms with Crippen molar-refractivity contribution in [2.75, 3.05) is 0 Å². The van der Waals surface area contributed by atoms with E-state index in [0.29, 0.717) is 5.02 Å². The molecule has 0 bridgehead atoms. The third kappa shape index (κ3) is 3.04. The monoisotopic (exact) mass is 358 g/mol. The van der Waals surface area contributed by atoms with E-state index in [1.807, 2.05) is 35.0 Å². The van der Waals surface area contributed by atoms with Gasteiger partial charge in [0, 0.05) is 11.1 Å². The Bertz CT molecular complexity index is 1030. The molecule has 0 unspecified atom stereocenters. The van der Waals surface area contributed by atoms with Crippen molar-refractivity contribution < 1.29 is 0 Å². The van der Waals surface area contributed by atoms with E-state index in [9.17, 15) is 0 Å². The van der Waals surface area contributed by atoms with Crippen LogP contribution in [0.25, 0.3) is 28.2 Å².